The van der Waals surface area contributed by atoms with E-state index in [9.17, 15) is 4.39 Å². The predicted molar refractivity (Wildman–Crippen MR) is 28.4 cm³/mol. The zero-order chi connectivity index (χ0) is 4.83. The fourth-order valence-corrected chi connectivity index (χ4v) is 0.413. The molecule has 6 heavy (non-hydrogen) atoms. The fraction of sp³-hybridized carbons (Fsp3) is 0.333. The molecule has 0 aromatic carbocycles. The van der Waals surface area contributed by atoms with Gasteiger partial charge in [-0.05, 0) is 0 Å². The minimum atomic E-state index is -0.924. The van der Waals surface area contributed by atoms with Gasteiger partial charge in [-0.25, -0.2) is 0 Å². The van der Waals surface area contributed by atoms with Crippen LogP contribution in [0.5, 0.6) is 0 Å². The van der Waals surface area contributed by atoms with E-state index >= 15 is 0 Å². The van der Waals surface area contributed by atoms with Crippen molar-refractivity contribution in [2.45, 2.75) is 0 Å². The Hall–Kier alpha value is 0.0600. The number of halogens is 1. The first-order valence-corrected chi connectivity index (χ1v) is 3.41. The van der Waals surface area contributed by atoms with Gasteiger partial charge in [0, 0.05) is 0 Å². The van der Waals surface area contributed by atoms with E-state index in [4.69, 9.17) is 4.89 Å². The van der Waals surface area contributed by atoms with Crippen molar-refractivity contribution < 1.29 is 9.28 Å². The van der Waals surface area contributed by atoms with Gasteiger partial charge >= 0.3 is 36.7 Å². The van der Waals surface area contributed by atoms with Crippen molar-refractivity contribution in [2.24, 2.45) is 0 Å². The summed E-state index contributed by atoms with van der Waals surface area (Å²) >= 11 is 0. The summed E-state index contributed by atoms with van der Waals surface area (Å²) in [6, 6.07) is 0. The Bertz CT molecular complexity index is 46.1. The van der Waals surface area contributed by atoms with Gasteiger partial charge in [0.05, 0.1) is 0 Å². The third-order valence-corrected chi connectivity index (χ3v) is 0.976. The van der Waals surface area contributed by atoms with Crippen molar-refractivity contribution in [3.05, 3.63) is 12.4 Å². The Morgan fingerprint density at radius 1 is 1.83 bits per heavy atom. The summed E-state index contributed by atoms with van der Waals surface area (Å²) in [5, 5.41) is 0. The summed E-state index contributed by atoms with van der Waals surface area (Å²) in [6.07, 6.45) is 2.34. The zero-order valence-electron chi connectivity index (χ0n) is 3.39. The molecule has 0 radical (unpaired) electrons. The molecule has 0 atom stereocenters. The summed E-state index contributed by atoms with van der Waals surface area (Å²) in [6.45, 7) is 0. The second kappa shape index (κ2) is 5.06. The molecular formula is C3H8FOP. The van der Waals surface area contributed by atoms with Crippen LogP contribution in [0.1, 0.15) is 0 Å². The van der Waals surface area contributed by atoms with Crippen LogP contribution in [0.4, 0.5) is 4.39 Å². The first kappa shape index (κ1) is 6.06. The molecule has 0 saturated carbocycles. The Morgan fingerprint density at radius 2 is 2.50 bits per heavy atom. The molecule has 1 N–H and O–H groups in total. The van der Waals surface area contributed by atoms with E-state index in [1.54, 1.807) is 0 Å². The number of hydrogen-bond acceptors (Lipinski definition) is 1. The summed E-state index contributed by atoms with van der Waals surface area (Å²) in [5.74, 6) is 0. The second-order valence-electron chi connectivity index (χ2n) is 0.874. The van der Waals surface area contributed by atoms with E-state index in [1.165, 1.54) is 6.08 Å². The molecule has 0 aliphatic rings. The van der Waals surface area contributed by atoms with Crippen molar-refractivity contribution in [3.63, 3.8) is 0 Å². The molecule has 0 fully saturated rings. The Balaban J connectivity index is 2.66. The predicted octanol–water partition coefficient (Wildman–Crippen LogP) is 0.520. The summed E-state index contributed by atoms with van der Waals surface area (Å²) in [5.41, 5.74) is 0. The van der Waals surface area contributed by atoms with Crippen molar-refractivity contribution in [3.8, 4) is 0 Å². The van der Waals surface area contributed by atoms with Gasteiger partial charge in [0.25, 0.3) is 0 Å². The minimum absolute atomic E-state index is 0.462. The van der Waals surface area contributed by atoms with Crippen LogP contribution in [0, 0.1) is 0 Å². The number of hydrogen-bond donors (Lipinski definition) is 1. The summed E-state index contributed by atoms with van der Waals surface area (Å²) in [4.78, 5) is 8.12. The third kappa shape index (κ3) is 4.06. The maximum absolute atomic E-state index is 10.9. The van der Waals surface area contributed by atoms with Gasteiger partial charge in [0.1, 0.15) is 0 Å². The first-order chi connectivity index (χ1) is 2.91. The van der Waals surface area contributed by atoms with E-state index in [2.05, 4.69) is 0 Å². The van der Waals surface area contributed by atoms with Gasteiger partial charge in [0.2, 0.25) is 0 Å². The zero-order valence-corrected chi connectivity index (χ0v) is 4.81. The Morgan fingerprint density at radius 3 is 2.67 bits per heavy atom. The molecule has 0 amide bonds. The molecule has 0 bridgehead atoms. The van der Waals surface area contributed by atoms with Crippen LogP contribution in [-0.4, -0.2) is 11.1 Å². The SMILES string of the molecule is O[PH3]CC=CF. The molecule has 38 valence electrons. The first-order valence-electron chi connectivity index (χ1n) is 1.78. The van der Waals surface area contributed by atoms with Crippen LogP contribution < -0.4 is 0 Å². The van der Waals surface area contributed by atoms with E-state index in [0.29, 0.717) is 12.5 Å². The van der Waals surface area contributed by atoms with E-state index in [-0.39, 0.29) is 0 Å². The fourth-order valence-electron chi connectivity index (χ4n) is 0.138. The monoisotopic (exact) mass is 110 g/mol. The number of allylic oxidation sites excluding steroid dienone is 1. The maximum atomic E-state index is 10.9. The molecule has 0 saturated heterocycles. The van der Waals surface area contributed by atoms with Gasteiger partial charge in [0.15, 0.2) is 0 Å². The van der Waals surface area contributed by atoms with Crippen LogP contribution in [0.2, 0.25) is 0 Å². The quantitative estimate of drug-likeness (QED) is 0.514. The number of rotatable bonds is 2. The molecule has 1 nitrogen and oxygen atoms in total. The molecular weight excluding hydrogens is 102 g/mol. The Kier molecular flexibility index (Phi) is 5.11. The molecule has 0 heterocycles. The van der Waals surface area contributed by atoms with Gasteiger partial charge in [-0.15, -0.1) is 0 Å². The molecule has 0 aliphatic carbocycles. The van der Waals surface area contributed by atoms with E-state index in [0.717, 1.165) is 0 Å². The Labute approximate surface area is 37.7 Å². The van der Waals surface area contributed by atoms with Gasteiger partial charge in [-0.2, -0.15) is 0 Å². The van der Waals surface area contributed by atoms with E-state index < -0.39 is 8.81 Å². The molecule has 0 spiro atoms. The van der Waals surface area contributed by atoms with Crippen molar-refractivity contribution in [2.75, 3.05) is 6.16 Å². The van der Waals surface area contributed by atoms with Crippen molar-refractivity contribution in [1.29, 1.82) is 0 Å². The van der Waals surface area contributed by atoms with Crippen molar-refractivity contribution in [1.82, 2.24) is 0 Å². The topological polar surface area (TPSA) is 20.2 Å². The van der Waals surface area contributed by atoms with Crippen LogP contribution in [-0.2, 0) is 0 Å². The van der Waals surface area contributed by atoms with Crippen LogP contribution in [0.25, 0.3) is 0 Å². The van der Waals surface area contributed by atoms with Crippen LogP contribution in [0.15, 0.2) is 12.4 Å². The van der Waals surface area contributed by atoms with Gasteiger partial charge < -0.3 is 0 Å². The molecule has 0 rings (SSSR count). The van der Waals surface area contributed by atoms with Crippen LogP contribution in [0.3, 0.4) is 0 Å². The average Bonchev–Trinajstić information content (AvgIpc) is 1.61. The summed E-state index contributed by atoms with van der Waals surface area (Å²) in [7, 11) is -0.924. The molecule has 0 aromatic rings. The molecule has 0 unspecified atom stereocenters. The van der Waals surface area contributed by atoms with Gasteiger partial charge in [-0.3, -0.25) is 0 Å². The average molecular weight is 110 g/mol. The van der Waals surface area contributed by atoms with Gasteiger partial charge in [-0.1, -0.05) is 0 Å². The van der Waals surface area contributed by atoms with Crippen molar-refractivity contribution >= 4 is 8.81 Å². The third-order valence-electron chi connectivity index (χ3n) is 0.385. The molecule has 0 aromatic heterocycles. The second-order valence-corrected chi connectivity index (χ2v) is 1.90. The molecule has 3 heteroatoms. The standard InChI is InChI=1S/C3H8FOP/c4-2-1-3-6-5/h1-2,5H,3H2,6H3. The van der Waals surface area contributed by atoms with E-state index in [1.807, 2.05) is 0 Å². The normalized spacial score (nSPS) is 11.0. The summed E-state index contributed by atoms with van der Waals surface area (Å²) < 4.78 is 10.9. The molecule has 0 aliphatic heterocycles. The van der Waals surface area contributed by atoms with Crippen LogP contribution >= 0.6 is 8.81 Å².